The number of amides is 1. The number of carboxylic acids is 1. The summed E-state index contributed by atoms with van der Waals surface area (Å²) in [5, 5.41) is 16.5. The predicted molar refractivity (Wildman–Crippen MR) is 98.2 cm³/mol. The number of rotatable bonds is 4. The summed E-state index contributed by atoms with van der Waals surface area (Å²) in [5.74, 6) is -0.665. The molecule has 1 aliphatic carbocycles. The molecule has 2 aromatic rings. The second-order valence-corrected chi connectivity index (χ2v) is 7.28. The molecule has 4 rings (SSSR count). The minimum Gasteiger partial charge on any atom is -0.478 e. The van der Waals surface area contributed by atoms with E-state index < -0.39 is 5.97 Å². The maximum atomic E-state index is 12.7. The van der Waals surface area contributed by atoms with E-state index in [0.717, 1.165) is 38.0 Å². The van der Waals surface area contributed by atoms with Crippen molar-refractivity contribution in [1.82, 2.24) is 15.1 Å². The van der Waals surface area contributed by atoms with Crippen molar-refractivity contribution in [2.24, 2.45) is 5.92 Å². The molecule has 142 valence electrons. The van der Waals surface area contributed by atoms with Crippen LogP contribution in [-0.2, 0) is 4.74 Å². The molecule has 7 nitrogen and oxygen atoms in total. The van der Waals surface area contributed by atoms with Gasteiger partial charge < -0.3 is 15.2 Å². The molecule has 1 aliphatic heterocycles. The van der Waals surface area contributed by atoms with E-state index >= 15 is 0 Å². The van der Waals surface area contributed by atoms with Crippen LogP contribution >= 0.6 is 0 Å². The SMILES string of the molecule is Cc1c(C(=O)O)cnn1-c1ccc(C(=O)N[C@@H]2CCC[C@@H]3OCC[C@H]32)cc1. The summed E-state index contributed by atoms with van der Waals surface area (Å²) in [4.78, 5) is 23.8. The summed E-state index contributed by atoms with van der Waals surface area (Å²) in [6.07, 6.45) is 5.81. The van der Waals surface area contributed by atoms with Gasteiger partial charge in [0.05, 0.1) is 23.7 Å². The number of aromatic carboxylic acids is 1. The molecular formula is C20H23N3O4. The van der Waals surface area contributed by atoms with Crippen molar-refractivity contribution in [2.75, 3.05) is 6.61 Å². The Balaban J connectivity index is 1.47. The lowest BCUT2D eigenvalue weighted by Crippen LogP contribution is -2.45. The Kier molecular flexibility index (Phi) is 4.70. The first-order valence-corrected chi connectivity index (χ1v) is 9.35. The van der Waals surface area contributed by atoms with Crippen LogP contribution in [0, 0.1) is 12.8 Å². The van der Waals surface area contributed by atoms with Crippen molar-refractivity contribution in [1.29, 1.82) is 0 Å². The standard InChI is InChI=1S/C20H23N3O4/c1-12-16(20(25)26)11-21-23(12)14-7-5-13(6-8-14)19(24)22-17-3-2-4-18-15(17)9-10-27-18/h5-8,11,15,17-18H,2-4,9-10H2,1H3,(H,22,24)(H,25,26)/t15-,17+,18-/m0/s1. The monoisotopic (exact) mass is 369 g/mol. The quantitative estimate of drug-likeness (QED) is 0.864. The van der Waals surface area contributed by atoms with Crippen LogP contribution in [0.5, 0.6) is 0 Å². The van der Waals surface area contributed by atoms with E-state index in [1.54, 1.807) is 35.9 Å². The zero-order chi connectivity index (χ0) is 19.0. The molecule has 0 unspecified atom stereocenters. The molecule has 27 heavy (non-hydrogen) atoms. The minimum atomic E-state index is -1.00. The van der Waals surface area contributed by atoms with Crippen LogP contribution in [0.4, 0.5) is 0 Å². The number of carbonyl (C=O) groups is 2. The van der Waals surface area contributed by atoms with Crippen LogP contribution in [-0.4, -0.2) is 45.5 Å². The fourth-order valence-electron chi connectivity index (χ4n) is 4.24. The smallest absolute Gasteiger partial charge is 0.339 e. The predicted octanol–water partition coefficient (Wildman–Crippen LogP) is 2.57. The van der Waals surface area contributed by atoms with Crippen LogP contribution in [0.2, 0.25) is 0 Å². The highest BCUT2D eigenvalue weighted by atomic mass is 16.5. The summed E-state index contributed by atoms with van der Waals surface area (Å²) in [6.45, 7) is 2.50. The van der Waals surface area contributed by atoms with Crippen molar-refractivity contribution in [3.63, 3.8) is 0 Å². The second-order valence-electron chi connectivity index (χ2n) is 7.28. The molecule has 3 atom stereocenters. The van der Waals surface area contributed by atoms with E-state index in [0.29, 0.717) is 17.2 Å². The highest BCUT2D eigenvalue weighted by molar-refractivity contribution is 5.94. The number of nitrogens with one attached hydrogen (secondary N) is 1. The molecule has 1 aromatic heterocycles. The summed E-state index contributed by atoms with van der Waals surface area (Å²) in [6, 6.07) is 7.23. The number of carbonyl (C=O) groups excluding carboxylic acids is 1. The molecule has 0 bridgehead atoms. The Morgan fingerprint density at radius 3 is 2.70 bits per heavy atom. The summed E-state index contributed by atoms with van der Waals surface area (Å²) >= 11 is 0. The Hall–Kier alpha value is -2.67. The molecule has 0 radical (unpaired) electrons. The molecule has 2 fully saturated rings. The van der Waals surface area contributed by atoms with Crippen LogP contribution in [0.1, 0.15) is 52.1 Å². The lowest BCUT2D eigenvalue weighted by molar-refractivity contribution is 0.0510. The maximum absolute atomic E-state index is 12.7. The summed E-state index contributed by atoms with van der Waals surface area (Å²) in [7, 11) is 0. The first kappa shape index (κ1) is 17.7. The van der Waals surface area contributed by atoms with Gasteiger partial charge in [-0.15, -0.1) is 0 Å². The lowest BCUT2D eigenvalue weighted by Gasteiger charge is -2.33. The summed E-state index contributed by atoms with van der Waals surface area (Å²) in [5.41, 5.74) is 2.03. The first-order chi connectivity index (χ1) is 13.0. The van der Waals surface area contributed by atoms with Gasteiger partial charge in [0.2, 0.25) is 0 Å². The van der Waals surface area contributed by atoms with Crippen LogP contribution in [0.3, 0.4) is 0 Å². The maximum Gasteiger partial charge on any atom is 0.339 e. The molecule has 1 saturated heterocycles. The number of hydrogen-bond acceptors (Lipinski definition) is 4. The Bertz CT molecular complexity index is 859. The number of hydrogen-bond donors (Lipinski definition) is 2. The zero-order valence-electron chi connectivity index (χ0n) is 15.2. The molecule has 2 N–H and O–H groups in total. The first-order valence-electron chi connectivity index (χ1n) is 9.35. The van der Waals surface area contributed by atoms with Crippen LogP contribution < -0.4 is 5.32 Å². The summed E-state index contributed by atoms with van der Waals surface area (Å²) < 4.78 is 7.33. The minimum absolute atomic E-state index is 0.0810. The number of ether oxygens (including phenoxy) is 1. The van der Waals surface area contributed by atoms with Gasteiger partial charge in [-0.2, -0.15) is 5.10 Å². The average Bonchev–Trinajstić information content (AvgIpc) is 3.29. The number of benzene rings is 1. The molecule has 2 heterocycles. The fraction of sp³-hybridized carbons (Fsp3) is 0.450. The number of fused-ring (bicyclic) bond motifs is 1. The van der Waals surface area contributed by atoms with Crippen LogP contribution in [0.25, 0.3) is 5.69 Å². The molecule has 2 aliphatic rings. The second kappa shape index (κ2) is 7.15. The van der Waals surface area contributed by atoms with E-state index in [4.69, 9.17) is 9.84 Å². The topological polar surface area (TPSA) is 93.5 Å². The van der Waals surface area contributed by atoms with E-state index in [1.165, 1.54) is 6.20 Å². The van der Waals surface area contributed by atoms with Gasteiger partial charge in [-0.3, -0.25) is 4.79 Å². The van der Waals surface area contributed by atoms with Crippen LogP contribution in [0.15, 0.2) is 30.5 Å². The third kappa shape index (κ3) is 3.35. The van der Waals surface area contributed by atoms with E-state index in [-0.39, 0.29) is 23.6 Å². The lowest BCUT2D eigenvalue weighted by atomic mass is 9.81. The van der Waals surface area contributed by atoms with Gasteiger partial charge in [-0.25, -0.2) is 9.48 Å². The van der Waals surface area contributed by atoms with E-state index in [9.17, 15) is 9.59 Å². The van der Waals surface area contributed by atoms with E-state index in [2.05, 4.69) is 10.4 Å². The van der Waals surface area contributed by atoms with Gasteiger partial charge >= 0.3 is 5.97 Å². The average molecular weight is 369 g/mol. The Labute approximate surface area is 157 Å². The molecular weight excluding hydrogens is 346 g/mol. The van der Waals surface area contributed by atoms with Crippen molar-refractivity contribution in [3.8, 4) is 5.69 Å². The highest BCUT2D eigenvalue weighted by Crippen LogP contribution is 2.34. The fourth-order valence-corrected chi connectivity index (χ4v) is 4.24. The zero-order valence-corrected chi connectivity index (χ0v) is 15.2. The number of carboxylic acid groups (broad SMARTS) is 1. The van der Waals surface area contributed by atoms with Crippen molar-refractivity contribution in [3.05, 3.63) is 47.3 Å². The van der Waals surface area contributed by atoms with Crippen molar-refractivity contribution >= 4 is 11.9 Å². The van der Waals surface area contributed by atoms with Crippen molar-refractivity contribution < 1.29 is 19.4 Å². The van der Waals surface area contributed by atoms with Gasteiger partial charge in [0.1, 0.15) is 5.56 Å². The molecule has 0 spiro atoms. The van der Waals surface area contributed by atoms with Gasteiger partial charge in [-0.05, 0) is 56.9 Å². The van der Waals surface area contributed by atoms with Gasteiger partial charge in [-0.1, -0.05) is 0 Å². The number of aromatic nitrogens is 2. The van der Waals surface area contributed by atoms with Crippen molar-refractivity contribution in [2.45, 2.75) is 44.8 Å². The van der Waals surface area contributed by atoms with Gasteiger partial charge in [0.25, 0.3) is 5.91 Å². The third-order valence-corrected chi connectivity index (χ3v) is 5.71. The number of nitrogens with zero attached hydrogens (tertiary/aromatic N) is 2. The normalized spacial score (nSPS) is 24.4. The Morgan fingerprint density at radius 2 is 2.00 bits per heavy atom. The van der Waals surface area contributed by atoms with Gasteiger partial charge in [0, 0.05) is 24.1 Å². The Morgan fingerprint density at radius 1 is 1.22 bits per heavy atom. The largest absolute Gasteiger partial charge is 0.478 e. The molecule has 1 amide bonds. The van der Waals surface area contributed by atoms with E-state index in [1.807, 2.05) is 0 Å². The molecule has 1 aromatic carbocycles. The third-order valence-electron chi connectivity index (χ3n) is 5.71. The highest BCUT2D eigenvalue weighted by Gasteiger charge is 2.38. The molecule has 7 heteroatoms. The van der Waals surface area contributed by atoms with Gasteiger partial charge in [0.15, 0.2) is 0 Å². The molecule has 1 saturated carbocycles.